The van der Waals surface area contributed by atoms with Crippen molar-refractivity contribution in [1.82, 2.24) is 5.32 Å². The SMILES string of the molecule is C[C@@H]1CCCC[C@H]1NC(=O)COC(=O)CCC(=O)c1ccc(Cl)s1. The Bertz CT molecular complexity index is 601. The Labute approximate surface area is 150 Å². The number of thiophene rings is 1. The van der Waals surface area contributed by atoms with Crippen molar-refractivity contribution in [1.29, 1.82) is 0 Å². The maximum Gasteiger partial charge on any atom is 0.306 e. The second-order valence-electron chi connectivity index (χ2n) is 6.12. The molecule has 1 aromatic heterocycles. The molecule has 1 saturated carbocycles. The van der Waals surface area contributed by atoms with E-state index in [2.05, 4.69) is 12.2 Å². The molecule has 0 unspecified atom stereocenters. The minimum atomic E-state index is -0.544. The summed E-state index contributed by atoms with van der Waals surface area (Å²) < 4.78 is 5.48. The van der Waals surface area contributed by atoms with Crippen molar-refractivity contribution >= 4 is 40.6 Å². The number of halogens is 1. The van der Waals surface area contributed by atoms with Crippen molar-refractivity contribution in [3.63, 3.8) is 0 Å². The summed E-state index contributed by atoms with van der Waals surface area (Å²) in [6, 6.07) is 3.45. The molecule has 1 aliphatic rings. The van der Waals surface area contributed by atoms with Gasteiger partial charge in [0.2, 0.25) is 0 Å². The van der Waals surface area contributed by atoms with Crippen molar-refractivity contribution in [3.8, 4) is 0 Å². The Morgan fingerprint density at radius 1 is 1.25 bits per heavy atom. The molecule has 0 radical (unpaired) electrons. The van der Waals surface area contributed by atoms with Crippen LogP contribution in [-0.4, -0.2) is 30.3 Å². The Balaban J connectivity index is 1.65. The third-order valence-corrected chi connectivity index (χ3v) is 5.50. The van der Waals surface area contributed by atoms with Crippen molar-refractivity contribution in [3.05, 3.63) is 21.3 Å². The van der Waals surface area contributed by atoms with Crippen LogP contribution in [-0.2, 0) is 14.3 Å². The number of ether oxygens (including phenoxy) is 1. The highest BCUT2D eigenvalue weighted by atomic mass is 35.5. The summed E-state index contributed by atoms with van der Waals surface area (Å²) in [6.45, 7) is 1.83. The van der Waals surface area contributed by atoms with Gasteiger partial charge < -0.3 is 10.1 Å². The van der Waals surface area contributed by atoms with E-state index >= 15 is 0 Å². The molecule has 0 aliphatic heterocycles. The zero-order valence-corrected chi connectivity index (χ0v) is 15.3. The molecule has 2 rings (SSSR count). The monoisotopic (exact) mass is 371 g/mol. The molecular weight excluding hydrogens is 350 g/mol. The van der Waals surface area contributed by atoms with E-state index in [1.807, 2.05) is 0 Å². The molecule has 2 atom stereocenters. The highest BCUT2D eigenvalue weighted by Crippen LogP contribution is 2.24. The van der Waals surface area contributed by atoms with Crippen LogP contribution in [0.2, 0.25) is 4.34 Å². The largest absolute Gasteiger partial charge is 0.456 e. The summed E-state index contributed by atoms with van der Waals surface area (Å²) in [5, 5.41) is 2.92. The first-order chi connectivity index (χ1) is 11.5. The average molecular weight is 372 g/mol. The van der Waals surface area contributed by atoms with Crippen LogP contribution in [0.5, 0.6) is 0 Å². The van der Waals surface area contributed by atoms with Gasteiger partial charge >= 0.3 is 5.97 Å². The van der Waals surface area contributed by atoms with Gasteiger partial charge in [-0.3, -0.25) is 14.4 Å². The Morgan fingerprint density at radius 3 is 2.67 bits per heavy atom. The van der Waals surface area contributed by atoms with Crippen LogP contribution in [0.1, 0.15) is 55.1 Å². The second kappa shape index (κ2) is 9.18. The van der Waals surface area contributed by atoms with Crippen LogP contribution in [0, 0.1) is 5.92 Å². The lowest BCUT2D eigenvalue weighted by Crippen LogP contribution is -2.42. The maximum absolute atomic E-state index is 11.9. The fourth-order valence-electron chi connectivity index (χ4n) is 2.80. The summed E-state index contributed by atoms with van der Waals surface area (Å²) in [4.78, 5) is 35.9. The lowest BCUT2D eigenvalue weighted by atomic mass is 9.86. The molecule has 5 nitrogen and oxygen atoms in total. The molecule has 0 spiro atoms. The van der Waals surface area contributed by atoms with Gasteiger partial charge in [-0.2, -0.15) is 0 Å². The number of carbonyl (C=O) groups excluding carboxylic acids is 3. The Kier molecular flexibility index (Phi) is 7.24. The zero-order chi connectivity index (χ0) is 17.5. The van der Waals surface area contributed by atoms with Crippen molar-refractivity contribution < 1.29 is 19.1 Å². The Hall–Kier alpha value is -1.40. The van der Waals surface area contributed by atoms with E-state index in [0.717, 1.165) is 19.3 Å². The Morgan fingerprint density at radius 2 is 2.00 bits per heavy atom. The summed E-state index contributed by atoms with van der Waals surface area (Å²) in [5.74, 6) is -0.519. The number of carbonyl (C=O) groups is 3. The van der Waals surface area contributed by atoms with Crippen LogP contribution in [0.15, 0.2) is 12.1 Å². The fourth-order valence-corrected chi connectivity index (χ4v) is 3.81. The highest BCUT2D eigenvalue weighted by Gasteiger charge is 2.23. The predicted octanol–water partition coefficient (Wildman–Crippen LogP) is 3.60. The van der Waals surface area contributed by atoms with Crippen molar-refractivity contribution in [2.75, 3.05) is 6.61 Å². The molecule has 1 N–H and O–H groups in total. The van der Waals surface area contributed by atoms with Gasteiger partial charge in [-0.15, -0.1) is 11.3 Å². The van der Waals surface area contributed by atoms with Crippen LogP contribution in [0.25, 0.3) is 0 Å². The minimum Gasteiger partial charge on any atom is -0.456 e. The predicted molar refractivity (Wildman–Crippen MR) is 93.4 cm³/mol. The first kappa shape index (κ1) is 18.9. The molecule has 24 heavy (non-hydrogen) atoms. The molecule has 1 aromatic rings. The molecule has 1 fully saturated rings. The summed E-state index contributed by atoms with van der Waals surface area (Å²) in [5.41, 5.74) is 0. The third kappa shape index (κ3) is 5.91. The quantitative estimate of drug-likeness (QED) is 0.587. The van der Waals surface area contributed by atoms with Crippen LogP contribution in [0.4, 0.5) is 0 Å². The van der Waals surface area contributed by atoms with Crippen LogP contribution in [0.3, 0.4) is 0 Å². The van der Waals surface area contributed by atoms with E-state index in [-0.39, 0.29) is 37.2 Å². The molecule has 1 heterocycles. The second-order valence-corrected chi connectivity index (χ2v) is 7.84. The number of esters is 1. The van der Waals surface area contributed by atoms with Crippen LogP contribution < -0.4 is 5.32 Å². The summed E-state index contributed by atoms with van der Waals surface area (Å²) >= 11 is 6.96. The normalized spacial score (nSPS) is 20.4. The van der Waals surface area contributed by atoms with Gasteiger partial charge in [-0.05, 0) is 30.9 Å². The van der Waals surface area contributed by atoms with E-state index < -0.39 is 5.97 Å². The van der Waals surface area contributed by atoms with E-state index in [4.69, 9.17) is 16.3 Å². The van der Waals surface area contributed by atoms with E-state index in [1.54, 1.807) is 12.1 Å². The summed E-state index contributed by atoms with van der Waals surface area (Å²) in [7, 11) is 0. The van der Waals surface area contributed by atoms with Gasteiger partial charge in [0.25, 0.3) is 5.91 Å². The third-order valence-electron chi connectivity index (χ3n) is 4.23. The van der Waals surface area contributed by atoms with Crippen molar-refractivity contribution in [2.24, 2.45) is 5.92 Å². The van der Waals surface area contributed by atoms with Gasteiger partial charge in [-0.25, -0.2) is 0 Å². The first-order valence-corrected chi connectivity index (χ1v) is 9.38. The van der Waals surface area contributed by atoms with E-state index in [0.29, 0.717) is 15.1 Å². The fraction of sp³-hybridized carbons (Fsp3) is 0.588. The molecule has 0 aromatic carbocycles. The van der Waals surface area contributed by atoms with Gasteiger partial charge in [0.1, 0.15) is 0 Å². The van der Waals surface area contributed by atoms with Crippen molar-refractivity contribution in [2.45, 2.75) is 51.5 Å². The van der Waals surface area contributed by atoms with E-state index in [9.17, 15) is 14.4 Å². The lowest BCUT2D eigenvalue weighted by molar-refractivity contribution is -0.148. The standard InChI is InChI=1S/C17H22ClNO4S/c1-11-4-2-3-5-12(11)19-16(21)10-23-17(22)9-6-13(20)14-7-8-15(18)24-14/h7-8,11-12H,2-6,9-10H2,1H3,(H,19,21)/t11-,12-/m1/s1. The minimum absolute atomic E-state index is 0.0402. The molecule has 0 bridgehead atoms. The number of hydrogen-bond donors (Lipinski definition) is 1. The summed E-state index contributed by atoms with van der Waals surface area (Å²) in [6.07, 6.45) is 4.41. The molecule has 1 amide bonds. The van der Waals surface area contributed by atoms with E-state index in [1.165, 1.54) is 17.8 Å². The molecule has 0 saturated heterocycles. The van der Waals surface area contributed by atoms with Gasteiger partial charge in [0.05, 0.1) is 15.6 Å². The topological polar surface area (TPSA) is 72.5 Å². The number of Topliss-reactive ketones (excluding diaryl/α,β-unsaturated/α-hetero) is 1. The number of amides is 1. The zero-order valence-electron chi connectivity index (χ0n) is 13.7. The number of nitrogens with one attached hydrogen (secondary N) is 1. The lowest BCUT2D eigenvalue weighted by Gasteiger charge is -2.29. The maximum atomic E-state index is 11.9. The first-order valence-electron chi connectivity index (χ1n) is 8.19. The van der Waals surface area contributed by atoms with Gasteiger partial charge in [0.15, 0.2) is 12.4 Å². The number of rotatable bonds is 7. The highest BCUT2D eigenvalue weighted by molar-refractivity contribution is 7.18. The molecule has 132 valence electrons. The number of hydrogen-bond acceptors (Lipinski definition) is 5. The number of ketones is 1. The molecule has 1 aliphatic carbocycles. The van der Waals surface area contributed by atoms with Gasteiger partial charge in [0, 0.05) is 12.5 Å². The smallest absolute Gasteiger partial charge is 0.306 e. The van der Waals surface area contributed by atoms with Gasteiger partial charge in [-0.1, -0.05) is 31.4 Å². The molecule has 7 heteroatoms. The molecular formula is C17H22ClNO4S. The average Bonchev–Trinajstić information content (AvgIpc) is 2.99. The van der Waals surface area contributed by atoms with Crippen LogP contribution >= 0.6 is 22.9 Å².